The van der Waals surface area contributed by atoms with Crippen molar-refractivity contribution in [3.05, 3.63) is 59.2 Å². The van der Waals surface area contributed by atoms with Gasteiger partial charge in [0.05, 0.1) is 11.6 Å². The number of hydrogen-bond acceptors (Lipinski definition) is 4. The third-order valence-corrected chi connectivity index (χ3v) is 3.85. The number of benzene rings is 2. The third-order valence-electron chi connectivity index (χ3n) is 3.65. The Kier molecular flexibility index (Phi) is 6.94. The van der Waals surface area contributed by atoms with Gasteiger partial charge in [-0.15, -0.1) is 0 Å². The van der Waals surface area contributed by atoms with Gasteiger partial charge in [-0.2, -0.15) is 5.26 Å². The SMILES string of the molecule is CCc1cccc(C)c1NC(=S)NNC(=O)COc1ccc(C#N)cc1. The van der Waals surface area contributed by atoms with E-state index < -0.39 is 0 Å². The molecule has 0 spiro atoms. The van der Waals surface area contributed by atoms with E-state index in [2.05, 4.69) is 23.1 Å². The van der Waals surface area contributed by atoms with Gasteiger partial charge >= 0.3 is 0 Å². The first kappa shape index (κ1) is 19.2. The van der Waals surface area contributed by atoms with Crippen molar-refractivity contribution in [3.8, 4) is 11.8 Å². The first-order valence-corrected chi connectivity index (χ1v) is 8.51. The summed E-state index contributed by atoms with van der Waals surface area (Å²) in [5.41, 5.74) is 8.83. The van der Waals surface area contributed by atoms with E-state index >= 15 is 0 Å². The molecule has 0 aliphatic rings. The standard InChI is InChI=1S/C19H20N4O2S/c1-3-15-6-4-5-13(2)18(15)21-19(26)23-22-17(24)12-25-16-9-7-14(11-20)8-10-16/h4-10H,3,12H2,1-2H3,(H,22,24)(H2,21,23,26). The van der Waals surface area contributed by atoms with Crippen molar-refractivity contribution in [1.82, 2.24) is 10.9 Å². The number of anilines is 1. The molecule has 134 valence electrons. The first-order valence-electron chi connectivity index (χ1n) is 8.10. The van der Waals surface area contributed by atoms with Crippen molar-refractivity contribution in [2.24, 2.45) is 0 Å². The van der Waals surface area contributed by atoms with E-state index in [1.54, 1.807) is 24.3 Å². The number of nitriles is 1. The molecule has 3 N–H and O–H groups in total. The van der Waals surface area contributed by atoms with Gasteiger partial charge < -0.3 is 10.1 Å². The average Bonchev–Trinajstić information content (AvgIpc) is 2.66. The Morgan fingerprint density at radius 1 is 1.19 bits per heavy atom. The van der Waals surface area contributed by atoms with Crippen LogP contribution in [0.4, 0.5) is 5.69 Å². The predicted octanol–water partition coefficient (Wildman–Crippen LogP) is 2.83. The number of thiocarbonyl (C=S) groups is 1. The lowest BCUT2D eigenvalue weighted by Gasteiger charge is -2.16. The Bertz CT molecular complexity index is 828. The van der Waals surface area contributed by atoms with Crippen LogP contribution in [-0.2, 0) is 11.2 Å². The van der Waals surface area contributed by atoms with E-state index in [0.29, 0.717) is 16.4 Å². The number of nitrogens with zero attached hydrogens (tertiary/aromatic N) is 1. The maximum absolute atomic E-state index is 11.8. The molecule has 0 atom stereocenters. The fraction of sp³-hybridized carbons (Fsp3) is 0.211. The van der Waals surface area contributed by atoms with E-state index in [1.165, 1.54) is 0 Å². The van der Waals surface area contributed by atoms with Gasteiger partial charge in [-0.3, -0.25) is 15.6 Å². The molecule has 2 rings (SSSR count). The van der Waals surface area contributed by atoms with Crippen molar-refractivity contribution in [3.63, 3.8) is 0 Å². The Balaban J connectivity index is 1.80. The van der Waals surface area contributed by atoms with E-state index in [-0.39, 0.29) is 12.5 Å². The number of para-hydroxylation sites is 1. The van der Waals surface area contributed by atoms with Gasteiger partial charge in [0.1, 0.15) is 5.75 Å². The summed E-state index contributed by atoms with van der Waals surface area (Å²) in [6.07, 6.45) is 0.872. The van der Waals surface area contributed by atoms with Crippen LogP contribution in [0.2, 0.25) is 0 Å². The van der Waals surface area contributed by atoms with Crippen LogP contribution in [0.3, 0.4) is 0 Å². The largest absolute Gasteiger partial charge is 0.484 e. The molecule has 7 heteroatoms. The second-order valence-corrected chi connectivity index (χ2v) is 5.92. The molecule has 2 aromatic rings. The molecule has 0 aromatic heterocycles. The van der Waals surface area contributed by atoms with Crippen molar-refractivity contribution in [2.45, 2.75) is 20.3 Å². The molecule has 0 aliphatic heterocycles. The lowest BCUT2D eigenvalue weighted by atomic mass is 10.1. The van der Waals surface area contributed by atoms with E-state index in [4.69, 9.17) is 22.2 Å². The maximum Gasteiger partial charge on any atom is 0.276 e. The lowest BCUT2D eigenvalue weighted by molar-refractivity contribution is -0.123. The number of hydrazine groups is 1. The molecule has 0 fully saturated rings. The van der Waals surface area contributed by atoms with Crippen LogP contribution < -0.4 is 20.9 Å². The van der Waals surface area contributed by atoms with Crippen LogP contribution in [0.1, 0.15) is 23.6 Å². The van der Waals surface area contributed by atoms with Crippen molar-refractivity contribution < 1.29 is 9.53 Å². The van der Waals surface area contributed by atoms with Crippen LogP contribution in [0.25, 0.3) is 0 Å². The molecular weight excluding hydrogens is 348 g/mol. The predicted molar refractivity (Wildman–Crippen MR) is 105 cm³/mol. The minimum atomic E-state index is -0.376. The van der Waals surface area contributed by atoms with Gasteiger partial charge in [0, 0.05) is 5.69 Å². The summed E-state index contributed by atoms with van der Waals surface area (Å²) in [5, 5.41) is 12.1. The molecule has 1 amide bonds. The second kappa shape index (κ2) is 9.39. The highest BCUT2D eigenvalue weighted by atomic mass is 32.1. The zero-order valence-electron chi connectivity index (χ0n) is 14.6. The normalized spacial score (nSPS) is 9.73. The summed E-state index contributed by atoms with van der Waals surface area (Å²) in [4.78, 5) is 11.8. The molecular formula is C19H20N4O2S. The number of carbonyl (C=O) groups is 1. The van der Waals surface area contributed by atoms with Crippen LogP contribution in [-0.4, -0.2) is 17.6 Å². The van der Waals surface area contributed by atoms with Crippen LogP contribution >= 0.6 is 12.2 Å². The van der Waals surface area contributed by atoms with Gasteiger partial charge in [0.15, 0.2) is 11.7 Å². The highest BCUT2D eigenvalue weighted by Gasteiger charge is 2.07. The molecule has 0 saturated heterocycles. The van der Waals surface area contributed by atoms with Crippen molar-refractivity contribution >= 4 is 28.9 Å². The minimum Gasteiger partial charge on any atom is -0.484 e. The molecule has 26 heavy (non-hydrogen) atoms. The molecule has 0 heterocycles. The molecule has 0 unspecified atom stereocenters. The molecule has 0 saturated carbocycles. The fourth-order valence-electron chi connectivity index (χ4n) is 2.28. The summed E-state index contributed by atoms with van der Waals surface area (Å²) in [5.74, 6) is 0.131. The Labute approximate surface area is 158 Å². The van der Waals surface area contributed by atoms with Crippen molar-refractivity contribution in [1.29, 1.82) is 5.26 Å². The quantitative estimate of drug-likeness (QED) is 0.556. The molecule has 2 aromatic carbocycles. The Morgan fingerprint density at radius 3 is 2.58 bits per heavy atom. The van der Waals surface area contributed by atoms with Gasteiger partial charge in [0.2, 0.25) is 0 Å². The number of rotatable bonds is 5. The zero-order valence-corrected chi connectivity index (χ0v) is 15.4. The van der Waals surface area contributed by atoms with E-state index in [9.17, 15) is 4.79 Å². The van der Waals surface area contributed by atoms with E-state index in [1.807, 2.05) is 31.2 Å². The van der Waals surface area contributed by atoms with Crippen LogP contribution in [0.5, 0.6) is 5.75 Å². The molecule has 0 bridgehead atoms. The monoisotopic (exact) mass is 368 g/mol. The van der Waals surface area contributed by atoms with Crippen LogP contribution in [0.15, 0.2) is 42.5 Å². The smallest absolute Gasteiger partial charge is 0.276 e. The van der Waals surface area contributed by atoms with Gasteiger partial charge in [-0.25, -0.2) is 0 Å². The topological polar surface area (TPSA) is 86.2 Å². The first-order chi connectivity index (χ1) is 12.5. The van der Waals surface area contributed by atoms with Crippen LogP contribution in [0, 0.1) is 18.3 Å². The summed E-state index contributed by atoms with van der Waals surface area (Å²) in [6.45, 7) is 3.89. The fourth-order valence-corrected chi connectivity index (χ4v) is 2.44. The summed E-state index contributed by atoms with van der Waals surface area (Å²) >= 11 is 5.22. The highest BCUT2D eigenvalue weighted by Crippen LogP contribution is 2.20. The van der Waals surface area contributed by atoms with Gasteiger partial charge in [-0.05, 0) is 61.0 Å². The molecule has 0 radical (unpaired) electrons. The highest BCUT2D eigenvalue weighted by molar-refractivity contribution is 7.80. The Morgan fingerprint density at radius 2 is 1.92 bits per heavy atom. The summed E-state index contributed by atoms with van der Waals surface area (Å²) in [7, 11) is 0. The van der Waals surface area contributed by atoms with Gasteiger partial charge in [0.25, 0.3) is 5.91 Å². The number of ether oxygens (including phenoxy) is 1. The molecule has 0 aliphatic carbocycles. The lowest BCUT2D eigenvalue weighted by Crippen LogP contribution is -2.45. The second-order valence-electron chi connectivity index (χ2n) is 5.51. The van der Waals surface area contributed by atoms with Crippen molar-refractivity contribution in [2.75, 3.05) is 11.9 Å². The summed E-state index contributed by atoms with van der Waals surface area (Å²) in [6, 6.07) is 14.6. The average molecular weight is 368 g/mol. The number of aryl methyl sites for hydroxylation is 2. The Hall–Kier alpha value is -3.11. The number of amides is 1. The minimum absolute atomic E-state index is 0.175. The maximum atomic E-state index is 11.8. The number of nitrogens with one attached hydrogen (secondary N) is 3. The zero-order chi connectivity index (χ0) is 18.9. The summed E-state index contributed by atoms with van der Waals surface area (Å²) < 4.78 is 5.35. The third kappa shape index (κ3) is 5.46. The number of hydrogen-bond donors (Lipinski definition) is 3. The number of carbonyl (C=O) groups excluding carboxylic acids is 1. The van der Waals surface area contributed by atoms with E-state index in [0.717, 1.165) is 23.2 Å². The van der Waals surface area contributed by atoms with Gasteiger partial charge in [-0.1, -0.05) is 25.1 Å². The molecule has 6 nitrogen and oxygen atoms in total.